The second kappa shape index (κ2) is 7.49. The summed E-state index contributed by atoms with van der Waals surface area (Å²) in [6, 6.07) is 9.88. The molecule has 120 valence electrons. The summed E-state index contributed by atoms with van der Waals surface area (Å²) in [5, 5.41) is 18.2. The lowest BCUT2D eigenvalue weighted by molar-refractivity contribution is 0.0953. The molecule has 0 bridgehead atoms. The zero-order valence-electron chi connectivity index (χ0n) is 12.9. The summed E-state index contributed by atoms with van der Waals surface area (Å²) < 4.78 is 13.0. The summed E-state index contributed by atoms with van der Waals surface area (Å²) in [4.78, 5) is 0. The molecule has 2 heterocycles. The average Bonchev–Trinajstić information content (AvgIpc) is 3.24. The number of nitriles is 1. The molecule has 0 amide bonds. The second-order valence-electron chi connectivity index (χ2n) is 5.23. The van der Waals surface area contributed by atoms with Crippen molar-refractivity contribution in [2.75, 3.05) is 19.5 Å². The number of rotatable bonds is 6. The first-order chi connectivity index (χ1) is 11.3. The molecule has 1 aromatic carbocycles. The van der Waals surface area contributed by atoms with Crippen LogP contribution in [0.3, 0.4) is 0 Å². The van der Waals surface area contributed by atoms with E-state index in [2.05, 4.69) is 20.8 Å². The Bertz CT molecular complexity index is 687. The molecule has 7 heteroatoms. The molecular weight excluding hydrogens is 312 g/mol. The molecule has 0 saturated carbocycles. The molecule has 0 aliphatic carbocycles. The Morgan fingerprint density at radius 1 is 1.39 bits per heavy atom. The van der Waals surface area contributed by atoms with Crippen LogP contribution in [0.5, 0.6) is 5.75 Å². The Morgan fingerprint density at radius 3 is 2.87 bits per heavy atom. The maximum Gasteiger partial charge on any atom is 0.192 e. The first kappa shape index (κ1) is 15.8. The highest BCUT2D eigenvalue weighted by molar-refractivity contribution is 7.99. The fourth-order valence-electron chi connectivity index (χ4n) is 2.60. The number of ether oxygens (including phenoxy) is 2. The van der Waals surface area contributed by atoms with Crippen molar-refractivity contribution in [2.24, 2.45) is 0 Å². The number of thioether (sulfide) groups is 1. The predicted octanol–water partition coefficient (Wildman–Crippen LogP) is 2.75. The van der Waals surface area contributed by atoms with Crippen molar-refractivity contribution in [3.8, 4) is 23.2 Å². The van der Waals surface area contributed by atoms with Crippen LogP contribution in [0, 0.1) is 11.3 Å². The monoisotopic (exact) mass is 330 g/mol. The van der Waals surface area contributed by atoms with E-state index >= 15 is 0 Å². The van der Waals surface area contributed by atoms with Gasteiger partial charge >= 0.3 is 0 Å². The molecule has 1 aromatic heterocycles. The van der Waals surface area contributed by atoms with Crippen LogP contribution in [-0.4, -0.2) is 40.3 Å². The Labute approximate surface area is 139 Å². The predicted molar refractivity (Wildman–Crippen MR) is 87.3 cm³/mol. The zero-order chi connectivity index (χ0) is 16.1. The quantitative estimate of drug-likeness (QED) is 0.758. The van der Waals surface area contributed by atoms with Gasteiger partial charge in [-0.15, -0.1) is 10.2 Å². The van der Waals surface area contributed by atoms with Gasteiger partial charge in [-0.25, -0.2) is 0 Å². The van der Waals surface area contributed by atoms with Crippen LogP contribution >= 0.6 is 11.8 Å². The molecule has 1 aliphatic heterocycles. The van der Waals surface area contributed by atoms with Crippen molar-refractivity contribution in [3.05, 3.63) is 24.3 Å². The molecule has 2 aromatic rings. The SMILES string of the molecule is COc1ccc(-c2nnc(SCC#N)n2C[C@@H]2CCCO2)cc1. The average molecular weight is 330 g/mol. The van der Waals surface area contributed by atoms with Crippen molar-refractivity contribution in [3.63, 3.8) is 0 Å². The van der Waals surface area contributed by atoms with E-state index in [1.807, 2.05) is 24.3 Å². The summed E-state index contributed by atoms with van der Waals surface area (Å²) in [6.45, 7) is 1.52. The minimum atomic E-state index is 0.185. The van der Waals surface area contributed by atoms with Gasteiger partial charge in [0.25, 0.3) is 0 Å². The van der Waals surface area contributed by atoms with Crippen molar-refractivity contribution >= 4 is 11.8 Å². The number of hydrogen-bond acceptors (Lipinski definition) is 6. The first-order valence-electron chi connectivity index (χ1n) is 7.51. The van der Waals surface area contributed by atoms with Gasteiger partial charge in [-0.05, 0) is 37.1 Å². The largest absolute Gasteiger partial charge is 0.497 e. The summed E-state index contributed by atoms with van der Waals surface area (Å²) in [5.41, 5.74) is 0.972. The molecule has 0 spiro atoms. The van der Waals surface area contributed by atoms with E-state index in [9.17, 15) is 0 Å². The molecule has 0 unspecified atom stereocenters. The van der Waals surface area contributed by atoms with Gasteiger partial charge in [0.2, 0.25) is 0 Å². The maximum atomic E-state index is 8.82. The summed E-state index contributed by atoms with van der Waals surface area (Å²) in [5.74, 6) is 1.95. The lowest BCUT2D eigenvalue weighted by atomic mass is 10.2. The van der Waals surface area contributed by atoms with Crippen LogP contribution in [0.15, 0.2) is 29.4 Å². The van der Waals surface area contributed by atoms with Crippen LogP contribution in [0.1, 0.15) is 12.8 Å². The lowest BCUT2D eigenvalue weighted by Gasteiger charge is -2.14. The normalized spacial score (nSPS) is 17.1. The van der Waals surface area contributed by atoms with E-state index in [4.69, 9.17) is 14.7 Å². The van der Waals surface area contributed by atoms with Crippen molar-refractivity contribution < 1.29 is 9.47 Å². The smallest absolute Gasteiger partial charge is 0.192 e. The van der Waals surface area contributed by atoms with E-state index < -0.39 is 0 Å². The Balaban J connectivity index is 1.90. The van der Waals surface area contributed by atoms with Crippen LogP contribution in [0.2, 0.25) is 0 Å². The van der Waals surface area contributed by atoms with Crippen LogP contribution in [-0.2, 0) is 11.3 Å². The fourth-order valence-corrected chi connectivity index (χ4v) is 3.21. The summed E-state index contributed by atoms with van der Waals surface area (Å²) >= 11 is 1.40. The fraction of sp³-hybridized carbons (Fsp3) is 0.438. The Hall–Kier alpha value is -2.04. The number of methoxy groups -OCH3 is 1. The van der Waals surface area contributed by atoms with Gasteiger partial charge in [0.05, 0.1) is 31.6 Å². The van der Waals surface area contributed by atoms with Gasteiger partial charge in [-0.2, -0.15) is 5.26 Å². The molecule has 3 rings (SSSR count). The lowest BCUT2D eigenvalue weighted by Crippen LogP contribution is -2.16. The second-order valence-corrected chi connectivity index (χ2v) is 6.17. The van der Waals surface area contributed by atoms with Crippen molar-refractivity contribution in [2.45, 2.75) is 30.6 Å². The summed E-state index contributed by atoms with van der Waals surface area (Å²) in [6.07, 6.45) is 2.32. The third-order valence-corrected chi connectivity index (χ3v) is 4.57. The van der Waals surface area contributed by atoms with Crippen LogP contribution in [0.25, 0.3) is 11.4 Å². The minimum Gasteiger partial charge on any atom is -0.497 e. The highest BCUT2D eigenvalue weighted by Gasteiger charge is 2.21. The van der Waals surface area contributed by atoms with Crippen LogP contribution in [0.4, 0.5) is 0 Å². The van der Waals surface area contributed by atoms with Gasteiger partial charge in [0.15, 0.2) is 11.0 Å². The van der Waals surface area contributed by atoms with Crippen molar-refractivity contribution in [1.29, 1.82) is 5.26 Å². The van der Waals surface area contributed by atoms with Crippen molar-refractivity contribution in [1.82, 2.24) is 14.8 Å². The van der Waals surface area contributed by atoms with Gasteiger partial charge < -0.3 is 9.47 Å². The van der Waals surface area contributed by atoms with E-state index in [1.165, 1.54) is 11.8 Å². The highest BCUT2D eigenvalue weighted by atomic mass is 32.2. The molecule has 1 atom stereocenters. The van der Waals surface area contributed by atoms with Gasteiger partial charge in [0.1, 0.15) is 5.75 Å². The maximum absolute atomic E-state index is 8.82. The molecule has 0 radical (unpaired) electrons. The van der Waals surface area contributed by atoms with Gasteiger partial charge in [0, 0.05) is 12.2 Å². The van der Waals surface area contributed by atoms with Crippen LogP contribution < -0.4 is 4.74 Å². The number of aromatic nitrogens is 3. The molecule has 0 N–H and O–H groups in total. The van der Waals surface area contributed by atoms with Gasteiger partial charge in [-0.1, -0.05) is 11.8 Å². The third-order valence-electron chi connectivity index (χ3n) is 3.74. The summed E-state index contributed by atoms with van der Waals surface area (Å²) in [7, 11) is 1.64. The topological polar surface area (TPSA) is 73.0 Å². The number of nitrogens with zero attached hydrogens (tertiary/aromatic N) is 4. The van der Waals surface area contributed by atoms with E-state index in [0.717, 1.165) is 41.7 Å². The molecule has 23 heavy (non-hydrogen) atoms. The molecule has 6 nitrogen and oxygen atoms in total. The molecule has 1 saturated heterocycles. The standard InChI is InChI=1S/C16H18N4O2S/c1-21-13-6-4-12(5-7-13)15-18-19-16(23-10-8-17)20(15)11-14-3-2-9-22-14/h4-7,14H,2-3,9-11H2,1H3/t14-/m0/s1. The Kier molecular flexibility index (Phi) is 5.16. The zero-order valence-corrected chi connectivity index (χ0v) is 13.8. The third kappa shape index (κ3) is 3.66. The minimum absolute atomic E-state index is 0.185. The van der Waals surface area contributed by atoms with Gasteiger partial charge in [-0.3, -0.25) is 4.57 Å². The Morgan fingerprint density at radius 2 is 2.22 bits per heavy atom. The van der Waals surface area contributed by atoms with E-state index in [1.54, 1.807) is 7.11 Å². The van der Waals surface area contributed by atoms with E-state index in [0.29, 0.717) is 12.3 Å². The number of benzene rings is 1. The highest BCUT2D eigenvalue weighted by Crippen LogP contribution is 2.27. The molecular formula is C16H18N4O2S. The van der Waals surface area contributed by atoms with E-state index in [-0.39, 0.29) is 6.10 Å². The first-order valence-corrected chi connectivity index (χ1v) is 8.49. The molecule has 1 aliphatic rings. The molecule has 1 fully saturated rings. The number of hydrogen-bond donors (Lipinski definition) is 0.